The third kappa shape index (κ3) is 2.90. The van der Waals surface area contributed by atoms with Crippen molar-refractivity contribution in [1.29, 1.82) is 0 Å². The highest BCUT2D eigenvalue weighted by molar-refractivity contribution is 7.89. The van der Waals surface area contributed by atoms with E-state index in [1.54, 1.807) is 4.31 Å². The highest BCUT2D eigenvalue weighted by Gasteiger charge is 2.32. The molecular formula is C15H24N2O2S. The molecule has 0 saturated carbocycles. The summed E-state index contributed by atoms with van der Waals surface area (Å²) in [6.45, 7) is 9.90. The second-order valence-corrected chi connectivity index (χ2v) is 7.58. The molecule has 2 rings (SSSR count). The summed E-state index contributed by atoms with van der Waals surface area (Å²) in [6.07, 6.45) is 0.855. The lowest BCUT2D eigenvalue weighted by molar-refractivity contribution is 0.353. The van der Waals surface area contributed by atoms with Gasteiger partial charge < -0.3 is 5.32 Å². The standard InChI is InChI=1S/C15H24N2O2S/c1-11-8-12(2)15(13(3)9-11)20(18,19)17-7-5-6-16-10-14(17)4/h8-9,14,16H,5-7,10H2,1-4H3. The topological polar surface area (TPSA) is 49.4 Å². The number of aryl methyl sites for hydroxylation is 3. The molecule has 0 radical (unpaired) electrons. The number of hydrogen-bond acceptors (Lipinski definition) is 3. The maximum Gasteiger partial charge on any atom is 0.243 e. The second kappa shape index (κ2) is 5.84. The molecule has 0 amide bonds. The number of hydrogen-bond donors (Lipinski definition) is 1. The lowest BCUT2D eigenvalue weighted by Crippen LogP contribution is -2.42. The Morgan fingerprint density at radius 2 is 1.80 bits per heavy atom. The van der Waals surface area contributed by atoms with Gasteiger partial charge in [-0.15, -0.1) is 0 Å². The van der Waals surface area contributed by atoms with Gasteiger partial charge in [0.25, 0.3) is 0 Å². The quantitative estimate of drug-likeness (QED) is 0.908. The number of sulfonamides is 1. The number of rotatable bonds is 2. The number of nitrogens with one attached hydrogen (secondary N) is 1. The van der Waals surface area contributed by atoms with Crippen LogP contribution in [0.5, 0.6) is 0 Å². The van der Waals surface area contributed by atoms with E-state index in [4.69, 9.17) is 0 Å². The van der Waals surface area contributed by atoms with Crippen molar-refractivity contribution in [2.45, 2.75) is 45.1 Å². The molecule has 4 nitrogen and oxygen atoms in total. The fourth-order valence-corrected chi connectivity index (χ4v) is 5.12. The molecular weight excluding hydrogens is 272 g/mol. The smallest absolute Gasteiger partial charge is 0.243 e. The molecule has 1 unspecified atom stereocenters. The Bertz CT molecular complexity index is 573. The summed E-state index contributed by atoms with van der Waals surface area (Å²) >= 11 is 0. The summed E-state index contributed by atoms with van der Waals surface area (Å²) in [5, 5.41) is 3.28. The fourth-order valence-electron chi connectivity index (χ4n) is 3.04. The summed E-state index contributed by atoms with van der Waals surface area (Å²) in [4.78, 5) is 0.483. The molecule has 1 aromatic carbocycles. The van der Waals surface area contributed by atoms with Crippen molar-refractivity contribution in [2.24, 2.45) is 0 Å². The molecule has 1 saturated heterocycles. The van der Waals surface area contributed by atoms with Gasteiger partial charge in [0, 0.05) is 19.1 Å². The van der Waals surface area contributed by atoms with Crippen LogP contribution in [0.25, 0.3) is 0 Å². The lowest BCUT2D eigenvalue weighted by Gasteiger charge is -2.27. The van der Waals surface area contributed by atoms with Crippen molar-refractivity contribution in [3.05, 3.63) is 28.8 Å². The van der Waals surface area contributed by atoms with Gasteiger partial charge in [-0.1, -0.05) is 17.7 Å². The first-order valence-electron chi connectivity index (χ1n) is 7.14. The highest BCUT2D eigenvalue weighted by atomic mass is 32.2. The van der Waals surface area contributed by atoms with E-state index in [0.29, 0.717) is 18.0 Å². The first-order valence-corrected chi connectivity index (χ1v) is 8.58. The molecule has 1 atom stereocenters. The summed E-state index contributed by atoms with van der Waals surface area (Å²) in [6, 6.07) is 3.88. The van der Waals surface area contributed by atoms with Gasteiger partial charge in [0.05, 0.1) is 4.90 Å². The van der Waals surface area contributed by atoms with Crippen LogP contribution in [0.4, 0.5) is 0 Å². The minimum absolute atomic E-state index is 0.0115. The van der Waals surface area contributed by atoms with E-state index in [-0.39, 0.29) is 6.04 Å². The van der Waals surface area contributed by atoms with Gasteiger partial charge in [-0.2, -0.15) is 4.31 Å². The lowest BCUT2D eigenvalue weighted by atomic mass is 10.1. The van der Waals surface area contributed by atoms with E-state index in [9.17, 15) is 8.42 Å². The van der Waals surface area contributed by atoms with Crippen molar-refractivity contribution in [1.82, 2.24) is 9.62 Å². The van der Waals surface area contributed by atoms with Crippen molar-refractivity contribution in [3.8, 4) is 0 Å². The van der Waals surface area contributed by atoms with Crippen LogP contribution in [0.2, 0.25) is 0 Å². The maximum absolute atomic E-state index is 13.0. The molecule has 1 aliphatic heterocycles. The van der Waals surface area contributed by atoms with E-state index < -0.39 is 10.0 Å². The van der Waals surface area contributed by atoms with Crippen LogP contribution in [0.3, 0.4) is 0 Å². The Kier molecular flexibility index (Phi) is 4.52. The maximum atomic E-state index is 13.0. The minimum Gasteiger partial charge on any atom is -0.315 e. The first kappa shape index (κ1) is 15.5. The first-order chi connectivity index (χ1) is 9.34. The van der Waals surface area contributed by atoms with Crippen LogP contribution in [0.15, 0.2) is 17.0 Å². The van der Waals surface area contributed by atoms with Crippen LogP contribution in [0, 0.1) is 20.8 Å². The molecule has 0 aliphatic carbocycles. The van der Waals surface area contributed by atoms with Crippen molar-refractivity contribution in [2.75, 3.05) is 19.6 Å². The monoisotopic (exact) mass is 296 g/mol. The molecule has 1 heterocycles. The Labute approximate surface area is 122 Å². The zero-order valence-corrected chi connectivity index (χ0v) is 13.5. The van der Waals surface area contributed by atoms with Crippen LogP contribution in [-0.4, -0.2) is 38.4 Å². The molecule has 1 aromatic rings. The molecule has 1 fully saturated rings. The van der Waals surface area contributed by atoms with Gasteiger partial charge in [-0.3, -0.25) is 0 Å². The largest absolute Gasteiger partial charge is 0.315 e. The minimum atomic E-state index is -3.42. The van der Waals surface area contributed by atoms with Gasteiger partial charge in [0.15, 0.2) is 0 Å². The molecule has 1 aliphatic rings. The van der Waals surface area contributed by atoms with E-state index in [2.05, 4.69) is 5.32 Å². The highest BCUT2D eigenvalue weighted by Crippen LogP contribution is 2.27. The Morgan fingerprint density at radius 1 is 1.20 bits per heavy atom. The van der Waals surface area contributed by atoms with Crippen LogP contribution < -0.4 is 5.32 Å². The van der Waals surface area contributed by atoms with E-state index in [1.807, 2.05) is 39.8 Å². The van der Waals surface area contributed by atoms with Crippen molar-refractivity contribution in [3.63, 3.8) is 0 Å². The van der Waals surface area contributed by atoms with Gasteiger partial charge in [0.1, 0.15) is 0 Å². The van der Waals surface area contributed by atoms with E-state index in [1.165, 1.54) is 0 Å². The Balaban J connectivity index is 2.49. The molecule has 0 bridgehead atoms. The average molecular weight is 296 g/mol. The molecule has 0 aromatic heterocycles. The third-order valence-electron chi connectivity index (χ3n) is 3.83. The zero-order valence-electron chi connectivity index (χ0n) is 12.7. The van der Waals surface area contributed by atoms with Crippen molar-refractivity contribution < 1.29 is 8.42 Å². The average Bonchev–Trinajstić information content (AvgIpc) is 2.52. The SMILES string of the molecule is Cc1cc(C)c(S(=O)(=O)N2CCCNCC2C)c(C)c1. The third-order valence-corrected chi connectivity index (χ3v) is 6.15. The van der Waals surface area contributed by atoms with Crippen LogP contribution >= 0.6 is 0 Å². The predicted molar refractivity (Wildman–Crippen MR) is 81.5 cm³/mol. The zero-order chi connectivity index (χ0) is 14.9. The van der Waals surface area contributed by atoms with E-state index >= 15 is 0 Å². The van der Waals surface area contributed by atoms with E-state index in [0.717, 1.165) is 29.7 Å². The Hall–Kier alpha value is -0.910. The second-order valence-electron chi connectivity index (χ2n) is 5.75. The summed E-state index contributed by atoms with van der Waals surface area (Å²) in [5.74, 6) is 0. The predicted octanol–water partition coefficient (Wildman–Crippen LogP) is 1.98. The summed E-state index contributed by atoms with van der Waals surface area (Å²) in [5.41, 5.74) is 2.78. The molecule has 1 N–H and O–H groups in total. The summed E-state index contributed by atoms with van der Waals surface area (Å²) in [7, 11) is -3.42. The van der Waals surface area contributed by atoms with Crippen LogP contribution in [0.1, 0.15) is 30.0 Å². The van der Waals surface area contributed by atoms with Gasteiger partial charge in [-0.25, -0.2) is 8.42 Å². The van der Waals surface area contributed by atoms with Gasteiger partial charge in [-0.05, 0) is 51.8 Å². The molecule has 112 valence electrons. The van der Waals surface area contributed by atoms with Crippen LogP contribution in [-0.2, 0) is 10.0 Å². The molecule has 0 spiro atoms. The number of benzene rings is 1. The normalized spacial score (nSPS) is 21.7. The van der Waals surface area contributed by atoms with Gasteiger partial charge >= 0.3 is 0 Å². The summed E-state index contributed by atoms with van der Waals surface area (Å²) < 4.78 is 27.7. The molecule has 5 heteroatoms. The fraction of sp³-hybridized carbons (Fsp3) is 0.600. The van der Waals surface area contributed by atoms with Gasteiger partial charge in [0.2, 0.25) is 10.0 Å². The molecule has 20 heavy (non-hydrogen) atoms. The van der Waals surface area contributed by atoms with Crippen molar-refractivity contribution >= 4 is 10.0 Å². The number of nitrogens with zero attached hydrogens (tertiary/aromatic N) is 1. The Morgan fingerprint density at radius 3 is 2.40 bits per heavy atom.